The lowest BCUT2D eigenvalue weighted by Crippen LogP contribution is -2.16. The fourth-order valence-electron chi connectivity index (χ4n) is 2.42. The first-order chi connectivity index (χ1) is 12.9. The molecule has 1 heterocycles. The van der Waals surface area contributed by atoms with Crippen LogP contribution in [0, 0.1) is 5.82 Å². The van der Waals surface area contributed by atoms with Crippen LogP contribution in [0.5, 0.6) is 0 Å². The van der Waals surface area contributed by atoms with Gasteiger partial charge in [0, 0.05) is 11.1 Å². The molecule has 2 aromatic carbocycles. The van der Waals surface area contributed by atoms with Gasteiger partial charge in [0.1, 0.15) is 5.82 Å². The average molecular weight is 414 g/mol. The van der Waals surface area contributed by atoms with E-state index in [2.05, 4.69) is 16.1 Å². The fraction of sp³-hybridized carbons (Fsp3) is 0.167. The highest BCUT2D eigenvalue weighted by Gasteiger charge is 2.19. The normalized spacial score (nSPS) is 12.4. The average Bonchev–Trinajstić information content (AvgIpc) is 3.12. The van der Waals surface area contributed by atoms with Crippen LogP contribution in [0.4, 0.5) is 18.9 Å². The molecule has 0 fully saturated rings. The molecule has 0 spiro atoms. The van der Waals surface area contributed by atoms with Gasteiger partial charge in [0.2, 0.25) is 5.89 Å². The van der Waals surface area contributed by atoms with Gasteiger partial charge in [-0.05, 0) is 30.5 Å². The van der Waals surface area contributed by atoms with Gasteiger partial charge >= 0.3 is 6.43 Å². The highest BCUT2D eigenvalue weighted by atomic mass is 35.5. The molecule has 1 unspecified atom stereocenters. The van der Waals surface area contributed by atoms with Gasteiger partial charge in [0.25, 0.3) is 5.89 Å². The van der Waals surface area contributed by atoms with Gasteiger partial charge in [0.05, 0.1) is 17.3 Å². The van der Waals surface area contributed by atoms with E-state index in [1.165, 1.54) is 6.07 Å². The van der Waals surface area contributed by atoms with Crippen molar-refractivity contribution in [1.82, 2.24) is 10.2 Å². The van der Waals surface area contributed by atoms with Gasteiger partial charge in [-0.1, -0.05) is 35.7 Å². The van der Waals surface area contributed by atoms with Gasteiger partial charge in [-0.25, -0.2) is 4.39 Å². The summed E-state index contributed by atoms with van der Waals surface area (Å²) in [5.41, 5.74) is 1.38. The molecular formula is C18H15ClF3N3OS. The monoisotopic (exact) mass is 413 g/mol. The lowest BCUT2D eigenvalue weighted by Gasteiger charge is -2.26. The Morgan fingerprint density at radius 1 is 1.22 bits per heavy atom. The summed E-state index contributed by atoms with van der Waals surface area (Å²) < 4.78 is 46.5. The van der Waals surface area contributed by atoms with Crippen molar-refractivity contribution in [2.24, 2.45) is 0 Å². The first-order valence-corrected chi connectivity index (χ1v) is 9.88. The van der Waals surface area contributed by atoms with Crippen molar-refractivity contribution in [3.63, 3.8) is 0 Å². The van der Waals surface area contributed by atoms with Crippen LogP contribution in [0.2, 0.25) is 5.02 Å². The predicted octanol–water partition coefficient (Wildman–Crippen LogP) is 5.72. The van der Waals surface area contributed by atoms with Gasteiger partial charge in [0.15, 0.2) is 0 Å². The summed E-state index contributed by atoms with van der Waals surface area (Å²) in [6, 6.07) is 11.5. The smallest absolute Gasteiger partial charge is 0.314 e. The van der Waals surface area contributed by atoms with E-state index in [-0.39, 0.29) is 18.0 Å². The summed E-state index contributed by atoms with van der Waals surface area (Å²) in [6.07, 6.45) is -0.973. The zero-order valence-electron chi connectivity index (χ0n) is 14.2. The number of alkyl halides is 2. The van der Waals surface area contributed by atoms with Crippen molar-refractivity contribution in [2.45, 2.75) is 13.0 Å². The van der Waals surface area contributed by atoms with Crippen molar-refractivity contribution in [3.8, 4) is 11.5 Å². The van der Waals surface area contributed by atoms with Crippen LogP contribution in [-0.2, 0) is 6.54 Å². The Kier molecular flexibility index (Phi) is 5.86. The molecule has 0 saturated heterocycles. The molecular weight excluding hydrogens is 399 g/mol. The van der Waals surface area contributed by atoms with Crippen molar-refractivity contribution in [2.75, 3.05) is 10.6 Å². The number of rotatable bonds is 6. The van der Waals surface area contributed by atoms with Gasteiger partial charge in [-0.3, -0.25) is 0 Å². The standard InChI is InChI=1S/C18H15ClF3N3OS/c1-27(2)25(15-6-4-3-5-13(15)19)10-12-8-7-11(9-14(12)20)17-23-24-18(26-17)16(21)22/h3-9,16H,1,10H2,2H3. The van der Waals surface area contributed by atoms with Gasteiger partial charge in [-0.2, -0.15) is 8.78 Å². The second-order valence-electron chi connectivity index (χ2n) is 5.64. The molecule has 142 valence electrons. The van der Waals surface area contributed by atoms with E-state index >= 15 is 0 Å². The molecule has 1 atom stereocenters. The van der Waals surface area contributed by atoms with E-state index in [4.69, 9.17) is 16.0 Å². The number of nitrogens with zero attached hydrogens (tertiary/aromatic N) is 3. The number of para-hydroxylation sites is 1. The predicted molar refractivity (Wildman–Crippen MR) is 103 cm³/mol. The maximum absolute atomic E-state index is 14.6. The van der Waals surface area contributed by atoms with Crippen LogP contribution in [0.3, 0.4) is 0 Å². The number of aromatic nitrogens is 2. The minimum absolute atomic E-state index is 0.161. The van der Waals surface area contributed by atoms with E-state index in [1.807, 2.05) is 28.8 Å². The van der Waals surface area contributed by atoms with Crippen LogP contribution < -0.4 is 4.31 Å². The molecule has 4 nitrogen and oxygen atoms in total. The molecule has 0 aliphatic heterocycles. The van der Waals surface area contributed by atoms with Crippen molar-refractivity contribution in [3.05, 3.63) is 64.8 Å². The third-order valence-electron chi connectivity index (χ3n) is 3.74. The highest BCUT2D eigenvalue weighted by molar-refractivity contribution is 8.14. The lowest BCUT2D eigenvalue weighted by atomic mass is 10.1. The summed E-state index contributed by atoms with van der Waals surface area (Å²) in [7, 11) is -0.459. The largest absolute Gasteiger partial charge is 0.415 e. The van der Waals surface area contributed by atoms with Crippen LogP contribution in [-0.4, -0.2) is 22.3 Å². The minimum Gasteiger partial charge on any atom is -0.415 e. The molecule has 9 heteroatoms. The summed E-state index contributed by atoms with van der Waals surface area (Å²) in [5, 5.41) is 7.32. The van der Waals surface area contributed by atoms with Crippen molar-refractivity contribution in [1.29, 1.82) is 0 Å². The van der Waals surface area contributed by atoms with Crippen LogP contribution in [0.15, 0.2) is 46.9 Å². The molecule has 27 heavy (non-hydrogen) atoms. The van der Waals surface area contributed by atoms with Gasteiger partial charge < -0.3 is 8.72 Å². The van der Waals surface area contributed by atoms with E-state index in [9.17, 15) is 13.2 Å². The highest BCUT2D eigenvalue weighted by Crippen LogP contribution is 2.34. The number of benzene rings is 2. The number of hydrogen-bond donors (Lipinski definition) is 0. The molecule has 0 aliphatic rings. The maximum atomic E-state index is 14.6. The third-order valence-corrected chi connectivity index (χ3v) is 5.14. The summed E-state index contributed by atoms with van der Waals surface area (Å²) >= 11 is 6.25. The van der Waals surface area contributed by atoms with Crippen molar-refractivity contribution >= 4 is 33.8 Å². The van der Waals surface area contributed by atoms with E-state index in [0.717, 1.165) is 5.69 Å². The van der Waals surface area contributed by atoms with Gasteiger partial charge in [-0.15, -0.1) is 20.9 Å². The molecule has 1 aromatic heterocycles. The fourth-order valence-corrected chi connectivity index (χ4v) is 3.56. The Morgan fingerprint density at radius 2 is 1.96 bits per heavy atom. The second kappa shape index (κ2) is 8.14. The molecule has 0 amide bonds. The Balaban J connectivity index is 1.88. The summed E-state index contributed by atoms with van der Waals surface area (Å²) in [4.78, 5) is 0. The Bertz CT molecular complexity index is 980. The number of anilines is 1. The first-order valence-electron chi connectivity index (χ1n) is 7.75. The SMILES string of the molecule is C=S(C)N(Cc1ccc(-c2nnc(C(F)F)o2)cc1F)c1ccccc1Cl. The van der Waals surface area contributed by atoms with E-state index < -0.39 is 28.8 Å². The van der Waals surface area contributed by atoms with E-state index in [1.54, 1.807) is 18.2 Å². The quantitative estimate of drug-likeness (QED) is 0.485. The minimum atomic E-state index is -2.88. The number of hydrogen-bond acceptors (Lipinski definition) is 4. The molecule has 0 N–H and O–H groups in total. The zero-order chi connectivity index (χ0) is 19.6. The molecule has 3 aromatic rings. The molecule has 0 saturated carbocycles. The second-order valence-corrected chi connectivity index (χ2v) is 7.69. The lowest BCUT2D eigenvalue weighted by molar-refractivity contribution is 0.116. The maximum Gasteiger partial charge on any atom is 0.314 e. The number of halogens is 4. The molecule has 0 aliphatic carbocycles. The van der Waals surface area contributed by atoms with Crippen LogP contribution in [0.25, 0.3) is 11.5 Å². The molecule has 0 bridgehead atoms. The zero-order valence-corrected chi connectivity index (χ0v) is 15.8. The van der Waals surface area contributed by atoms with Crippen molar-refractivity contribution < 1.29 is 17.6 Å². The topological polar surface area (TPSA) is 42.2 Å². The van der Waals surface area contributed by atoms with E-state index in [0.29, 0.717) is 10.6 Å². The van der Waals surface area contributed by atoms with Crippen LogP contribution >= 0.6 is 22.3 Å². The third kappa shape index (κ3) is 4.33. The summed E-state index contributed by atoms with van der Waals surface area (Å²) in [5.74, 6) is 2.55. The van der Waals surface area contributed by atoms with Crippen LogP contribution in [0.1, 0.15) is 17.9 Å². The Labute approximate surface area is 161 Å². The Morgan fingerprint density at radius 3 is 2.56 bits per heavy atom. The first kappa shape index (κ1) is 19.4. The molecule has 0 radical (unpaired) electrons. The Hall–Kier alpha value is -2.32. The summed E-state index contributed by atoms with van der Waals surface area (Å²) in [6.45, 7) is 0.241. The molecule has 3 rings (SSSR count).